The maximum atomic E-state index is 2.56. The van der Waals surface area contributed by atoms with E-state index in [1.165, 1.54) is 96.1 Å². The zero-order chi connectivity index (χ0) is 35.6. The molecule has 0 saturated heterocycles. The molecule has 0 unspecified atom stereocenters. The quantitative estimate of drug-likeness (QED) is 0.181. The molecule has 2 heterocycles. The SMILES string of the molecule is C1=Cc2ccccc2N(C2=CC=C(/C=C/c3ccc4c(c3)C3(Cc5ccccc5C3)c3cc(N5CCCc6ccccc65)ccc3-4)CC2)c2ccccc21. The molecule has 6 aromatic carbocycles. The lowest BCUT2D eigenvalue weighted by Crippen LogP contribution is -2.27. The predicted octanol–water partition coefficient (Wildman–Crippen LogP) is 12.8. The molecule has 0 bridgehead atoms. The highest BCUT2D eigenvalue weighted by atomic mass is 15.2. The molecule has 0 atom stereocenters. The number of anilines is 4. The highest BCUT2D eigenvalue weighted by Crippen LogP contribution is 2.56. The van der Waals surface area contributed by atoms with E-state index in [2.05, 4.69) is 180 Å². The molecule has 1 spiro atoms. The van der Waals surface area contributed by atoms with Gasteiger partial charge in [0.1, 0.15) is 0 Å². The molecule has 6 aromatic rings. The molecule has 2 nitrogen and oxygen atoms in total. The summed E-state index contributed by atoms with van der Waals surface area (Å²) in [5.74, 6) is 0. The van der Waals surface area contributed by atoms with Gasteiger partial charge in [0.2, 0.25) is 0 Å². The Labute approximate surface area is 318 Å². The first kappa shape index (κ1) is 31.4. The van der Waals surface area contributed by atoms with Crippen LogP contribution in [-0.4, -0.2) is 6.54 Å². The lowest BCUT2D eigenvalue weighted by molar-refractivity contribution is 0.563. The Morgan fingerprint density at radius 3 is 1.85 bits per heavy atom. The Morgan fingerprint density at radius 1 is 0.519 bits per heavy atom. The Bertz CT molecular complexity index is 2540. The molecular weight excluding hydrogens is 653 g/mol. The van der Waals surface area contributed by atoms with Crippen molar-refractivity contribution in [2.75, 3.05) is 16.3 Å². The van der Waals surface area contributed by atoms with Crippen molar-refractivity contribution in [1.82, 2.24) is 0 Å². The third-order valence-corrected chi connectivity index (χ3v) is 12.6. The third kappa shape index (κ3) is 5.01. The maximum absolute atomic E-state index is 2.56. The highest BCUT2D eigenvalue weighted by Gasteiger charge is 2.47. The Morgan fingerprint density at radius 2 is 1.15 bits per heavy atom. The van der Waals surface area contributed by atoms with Gasteiger partial charge in [-0.1, -0.05) is 134 Å². The molecule has 0 saturated carbocycles. The van der Waals surface area contributed by atoms with Crippen LogP contribution >= 0.6 is 0 Å². The van der Waals surface area contributed by atoms with E-state index in [0.29, 0.717) is 0 Å². The zero-order valence-electron chi connectivity index (χ0n) is 30.5. The molecule has 0 radical (unpaired) electrons. The monoisotopic (exact) mass is 694 g/mol. The van der Waals surface area contributed by atoms with Crippen molar-refractivity contribution in [3.05, 3.63) is 207 Å². The number of allylic oxidation sites excluding steroid dienone is 5. The second kappa shape index (κ2) is 12.5. The van der Waals surface area contributed by atoms with Gasteiger partial charge >= 0.3 is 0 Å². The molecule has 3 aliphatic carbocycles. The van der Waals surface area contributed by atoms with Crippen LogP contribution in [0.1, 0.15) is 63.8 Å². The second-order valence-electron chi connectivity index (χ2n) is 15.6. The van der Waals surface area contributed by atoms with E-state index < -0.39 is 0 Å². The van der Waals surface area contributed by atoms with Crippen LogP contribution in [-0.2, 0) is 24.7 Å². The van der Waals surface area contributed by atoms with E-state index in [1.54, 1.807) is 0 Å². The van der Waals surface area contributed by atoms with Crippen molar-refractivity contribution < 1.29 is 0 Å². The third-order valence-electron chi connectivity index (χ3n) is 12.6. The topological polar surface area (TPSA) is 6.48 Å². The number of fused-ring (bicyclic) bond motifs is 9. The van der Waals surface area contributed by atoms with E-state index in [9.17, 15) is 0 Å². The first-order chi connectivity index (χ1) is 26.7. The van der Waals surface area contributed by atoms with Crippen molar-refractivity contribution in [2.45, 2.75) is 43.9 Å². The number of rotatable bonds is 4. The van der Waals surface area contributed by atoms with E-state index >= 15 is 0 Å². The van der Waals surface area contributed by atoms with E-state index in [4.69, 9.17) is 0 Å². The molecule has 5 aliphatic rings. The maximum Gasteiger partial charge on any atom is 0.0531 e. The molecule has 11 rings (SSSR count). The van der Waals surface area contributed by atoms with E-state index in [0.717, 1.165) is 38.6 Å². The Hall–Kier alpha value is -6.12. The predicted molar refractivity (Wildman–Crippen MR) is 227 cm³/mol. The minimum absolute atomic E-state index is 0.0557. The zero-order valence-corrected chi connectivity index (χ0v) is 30.5. The van der Waals surface area contributed by atoms with E-state index in [1.807, 2.05) is 0 Å². The molecule has 260 valence electrons. The number of hydrogen-bond acceptors (Lipinski definition) is 2. The van der Waals surface area contributed by atoms with Crippen LogP contribution in [0.25, 0.3) is 29.4 Å². The van der Waals surface area contributed by atoms with Gasteiger partial charge in [-0.05, 0) is 136 Å². The molecule has 2 aliphatic heterocycles. The molecule has 54 heavy (non-hydrogen) atoms. The largest absolute Gasteiger partial charge is 0.341 e. The van der Waals surface area contributed by atoms with Crippen LogP contribution in [0, 0.1) is 0 Å². The summed E-state index contributed by atoms with van der Waals surface area (Å²) in [4.78, 5) is 5.03. The van der Waals surface area contributed by atoms with Crippen LogP contribution < -0.4 is 9.80 Å². The van der Waals surface area contributed by atoms with Crippen LogP contribution in [0.5, 0.6) is 0 Å². The average molecular weight is 695 g/mol. The average Bonchev–Trinajstić information content (AvgIpc) is 3.68. The summed E-state index contributed by atoms with van der Waals surface area (Å²) in [6, 6.07) is 50.2. The van der Waals surface area contributed by atoms with Crippen LogP contribution in [0.15, 0.2) is 163 Å². The summed E-state index contributed by atoms with van der Waals surface area (Å²) in [6.07, 6.45) is 20.3. The Balaban J connectivity index is 0.935. The minimum atomic E-state index is -0.0557. The number of hydrogen-bond donors (Lipinski definition) is 0. The fourth-order valence-electron chi connectivity index (χ4n) is 10.0. The summed E-state index contributed by atoms with van der Waals surface area (Å²) >= 11 is 0. The van der Waals surface area contributed by atoms with Crippen LogP contribution in [0.2, 0.25) is 0 Å². The van der Waals surface area contributed by atoms with Gasteiger partial charge in [-0.2, -0.15) is 0 Å². The standard InChI is InChI=1S/C52H42N2/c1-2-14-42-35-52(34-41(42)13-1)47-32-37(23-29-45(47)46-30-28-44(33-48(46)52)53-31-9-15-38-10-3-6-16-49(38)53)20-19-36-21-26-43(27-22-36)54-50-17-7-4-11-39(50)24-25-40-12-5-8-18-51(40)54/h1-8,10-14,16-21,23-26,28-30,32-33H,9,15,22,27,31,34-35H2/b20-19+. The van der Waals surface area contributed by atoms with Gasteiger partial charge < -0.3 is 9.80 Å². The Kier molecular flexibility index (Phi) is 7.27. The van der Waals surface area contributed by atoms with Crippen molar-refractivity contribution in [1.29, 1.82) is 0 Å². The molecule has 0 fully saturated rings. The molecular formula is C52H42N2. The minimum Gasteiger partial charge on any atom is -0.341 e. The van der Waals surface area contributed by atoms with Gasteiger partial charge in [-0.25, -0.2) is 0 Å². The fraction of sp³-hybridized carbons (Fsp3) is 0.154. The van der Waals surface area contributed by atoms with Gasteiger partial charge in [-0.15, -0.1) is 0 Å². The molecule has 0 N–H and O–H groups in total. The molecule has 0 amide bonds. The molecule has 2 heteroatoms. The van der Waals surface area contributed by atoms with Gasteiger partial charge in [0.25, 0.3) is 0 Å². The number of benzene rings is 6. The summed E-state index contributed by atoms with van der Waals surface area (Å²) in [7, 11) is 0. The first-order valence-electron chi connectivity index (χ1n) is 19.7. The van der Waals surface area contributed by atoms with Crippen molar-refractivity contribution in [3.63, 3.8) is 0 Å². The van der Waals surface area contributed by atoms with Gasteiger partial charge in [-0.3, -0.25) is 0 Å². The smallest absolute Gasteiger partial charge is 0.0531 e. The number of para-hydroxylation sites is 3. The van der Waals surface area contributed by atoms with Crippen molar-refractivity contribution in [3.8, 4) is 11.1 Å². The summed E-state index contributed by atoms with van der Waals surface area (Å²) in [6.45, 7) is 1.06. The summed E-state index contributed by atoms with van der Waals surface area (Å²) < 4.78 is 0. The number of aryl methyl sites for hydroxylation is 1. The normalized spacial score (nSPS) is 17.3. The lowest BCUT2D eigenvalue weighted by atomic mass is 9.75. The van der Waals surface area contributed by atoms with E-state index in [-0.39, 0.29) is 5.41 Å². The molecule has 0 aromatic heterocycles. The van der Waals surface area contributed by atoms with Crippen LogP contribution in [0.4, 0.5) is 22.7 Å². The lowest BCUT2D eigenvalue weighted by Gasteiger charge is -2.33. The van der Waals surface area contributed by atoms with Gasteiger partial charge in [0.05, 0.1) is 11.4 Å². The van der Waals surface area contributed by atoms with Crippen molar-refractivity contribution >= 4 is 41.0 Å². The van der Waals surface area contributed by atoms with Crippen LogP contribution in [0.3, 0.4) is 0 Å². The van der Waals surface area contributed by atoms with Gasteiger partial charge in [0, 0.05) is 29.0 Å². The fourth-order valence-corrected chi connectivity index (χ4v) is 10.0. The highest BCUT2D eigenvalue weighted by molar-refractivity contribution is 5.91. The summed E-state index contributed by atoms with van der Waals surface area (Å²) in [5, 5.41) is 0. The second-order valence-corrected chi connectivity index (χ2v) is 15.6. The van der Waals surface area contributed by atoms with Crippen molar-refractivity contribution in [2.24, 2.45) is 0 Å². The first-order valence-corrected chi connectivity index (χ1v) is 19.7. The number of nitrogens with zero attached hydrogens (tertiary/aromatic N) is 2. The summed E-state index contributed by atoms with van der Waals surface area (Å²) in [5.41, 5.74) is 21.8. The van der Waals surface area contributed by atoms with Gasteiger partial charge in [0.15, 0.2) is 0 Å².